The van der Waals surface area contributed by atoms with E-state index >= 15 is 0 Å². The van der Waals surface area contributed by atoms with Gasteiger partial charge in [0.05, 0.1) is 25.0 Å². The fraction of sp³-hybridized carbons (Fsp3) is 0.750. The first-order chi connectivity index (χ1) is 15.6. The first-order valence-electron chi connectivity index (χ1n) is 10.9. The number of ether oxygens (including phenoxy) is 4. The number of aliphatic hydroxyl groups is 3. The molecule has 0 aliphatic carbocycles. The molecule has 0 unspecified atom stereocenters. The number of nitrogens with one attached hydrogen (secondary N) is 1. The van der Waals surface area contributed by atoms with E-state index in [1.54, 1.807) is 13.8 Å². The molecule has 2 fully saturated rings. The lowest BCUT2D eigenvalue weighted by Gasteiger charge is -2.24. The Kier molecular flexibility index (Phi) is 8.37. The number of anilines is 1. The second kappa shape index (κ2) is 10.8. The van der Waals surface area contributed by atoms with Crippen LogP contribution in [0.2, 0.25) is 0 Å². The van der Waals surface area contributed by atoms with Crippen molar-refractivity contribution < 1.29 is 43.5 Å². The summed E-state index contributed by atoms with van der Waals surface area (Å²) in [7, 11) is 0. The molecule has 1 aromatic rings. The zero-order valence-electron chi connectivity index (χ0n) is 18.6. The van der Waals surface area contributed by atoms with Crippen LogP contribution < -0.4 is 11.0 Å². The Balaban J connectivity index is 1.67. The third-order valence-electron chi connectivity index (χ3n) is 5.58. The summed E-state index contributed by atoms with van der Waals surface area (Å²) >= 11 is 0. The smallest absolute Gasteiger partial charge is 0.412 e. The summed E-state index contributed by atoms with van der Waals surface area (Å²) in [6.45, 7) is 5.24. The summed E-state index contributed by atoms with van der Waals surface area (Å²) in [4.78, 5) is 27.8. The average molecular weight is 475 g/mol. The first kappa shape index (κ1) is 25.5. The Hall–Kier alpha value is -2.16. The molecule has 2 aliphatic heterocycles. The van der Waals surface area contributed by atoms with E-state index in [1.165, 1.54) is 0 Å². The summed E-state index contributed by atoms with van der Waals surface area (Å²) in [6, 6.07) is 0. The largest absolute Gasteiger partial charge is 0.449 e. The minimum atomic E-state index is -1.45. The molecule has 33 heavy (non-hydrogen) atoms. The number of unbranched alkanes of at least 4 members (excludes halogenated alkanes) is 2. The molecule has 4 N–H and O–H groups in total. The molecule has 1 aromatic heterocycles. The second-order valence-electron chi connectivity index (χ2n) is 8.11. The number of rotatable bonds is 8. The SMILES string of the molecule is CCCCCOC(=O)Nc1nc(=O)n([C@@H]2O[C@H](C)[C@H](O[C@@H]3O[C@H](C)[C@@H](O)[C@@H]3O)[C@@H]2O)cc1F. The van der Waals surface area contributed by atoms with E-state index < -0.39 is 72.6 Å². The van der Waals surface area contributed by atoms with Gasteiger partial charge in [0.2, 0.25) is 0 Å². The predicted octanol–water partition coefficient (Wildman–Crippen LogP) is 0.251. The zero-order chi connectivity index (χ0) is 24.3. The number of halogens is 1. The number of carbonyl (C=O) groups is 1. The van der Waals surface area contributed by atoms with Crippen molar-refractivity contribution in [2.24, 2.45) is 0 Å². The molecular weight excluding hydrogens is 445 g/mol. The van der Waals surface area contributed by atoms with Crippen LogP contribution in [0, 0.1) is 5.82 Å². The van der Waals surface area contributed by atoms with Crippen LogP contribution in [0.5, 0.6) is 0 Å². The minimum Gasteiger partial charge on any atom is -0.449 e. The molecule has 0 aromatic carbocycles. The Morgan fingerprint density at radius 3 is 2.55 bits per heavy atom. The molecule has 0 bridgehead atoms. The predicted molar refractivity (Wildman–Crippen MR) is 110 cm³/mol. The minimum absolute atomic E-state index is 0.148. The van der Waals surface area contributed by atoms with Gasteiger partial charge in [-0.3, -0.25) is 9.88 Å². The van der Waals surface area contributed by atoms with Gasteiger partial charge in [-0.05, 0) is 20.3 Å². The van der Waals surface area contributed by atoms with Crippen molar-refractivity contribution >= 4 is 11.9 Å². The number of amides is 1. The van der Waals surface area contributed by atoms with Crippen molar-refractivity contribution in [3.8, 4) is 0 Å². The molecule has 8 atom stereocenters. The molecule has 1 amide bonds. The monoisotopic (exact) mass is 475 g/mol. The highest BCUT2D eigenvalue weighted by atomic mass is 19.1. The van der Waals surface area contributed by atoms with Crippen molar-refractivity contribution in [3.63, 3.8) is 0 Å². The maximum absolute atomic E-state index is 14.5. The fourth-order valence-electron chi connectivity index (χ4n) is 3.68. The van der Waals surface area contributed by atoms with Gasteiger partial charge in [0, 0.05) is 0 Å². The quantitative estimate of drug-likeness (QED) is 0.384. The van der Waals surface area contributed by atoms with Gasteiger partial charge in [0.1, 0.15) is 24.4 Å². The van der Waals surface area contributed by atoms with Gasteiger partial charge in [-0.1, -0.05) is 19.8 Å². The van der Waals surface area contributed by atoms with Crippen LogP contribution in [0.1, 0.15) is 46.3 Å². The van der Waals surface area contributed by atoms with Crippen LogP contribution in [0.15, 0.2) is 11.0 Å². The van der Waals surface area contributed by atoms with Crippen molar-refractivity contribution in [3.05, 3.63) is 22.5 Å². The molecular formula is C20H30FN3O9. The summed E-state index contributed by atoms with van der Waals surface area (Å²) in [6.07, 6.45) is -6.79. The molecule has 13 heteroatoms. The molecule has 2 saturated heterocycles. The number of hydrogen-bond donors (Lipinski definition) is 4. The first-order valence-corrected chi connectivity index (χ1v) is 10.9. The van der Waals surface area contributed by atoms with E-state index in [1.807, 2.05) is 6.92 Å². The number of aliphatic hydroxyl groups excluding tert-OH is 3. The van der Waals surface area contributed by atoms with E-state index in [9.17, 15) is 29.3 Å². The summed E-state index contributed by atoms with van der Waals surface area (Å²) in [5.41, 5.74) is -0.990. The van der Waals surface area contributed by atoms with Crippen molar-refractivity contribution in [1.29, 1.82) is 0 Å². The van der Waals surface area contributed by atoms with Crippen LogP contribution in [0.3, 0.4) is 0 Å². The third-order valence-corrected chi connectivity index (χ3v) is 5.58. The van der Waals surface area contributed by atoms with Gasteiger partial charge in [0.25, 0.3) is 0 Å². The highest BCUT2D eigenvalue weighted by Crippen LogP contribution is 2.33. The number of hydrogen-bond acceptors (Lipinski definition) is 10. The Bertz CT molecular complexity index is 885. The molecule has 3 rings (SSSR count). The lowest BCUT2D eigenvalue weighted by molar-refractivity contribution is -0.207. The summed E-state index contributed by atoms with van der Waals surface area (Å²) in [5.74, 6) is -1.66. The number of carbonyl (C=O) groups excluding carboxylic acids is 1. The average Bonchev–Trinajstić information content (AvgIpc) is 3.18. The Morgan fingerprint density at radius 2 is 1.91 bits per heavy atom. The van der Waals surface area contributed by atoms with Crippen molar-refractivity contribution in [2.75, 3.05) is 11.9 Å². The van der Waals surface area contributed by atoms with Crippen molar-refractivity contribution in [2.45, 2.75) is 89.2 Å². The third kappa shape index (κ3) is 5.67. The van der Waals surface area contributed by atoms with Gasteiger partial charge in [0.15, 0.2) is 24.2 Å². The van der Waals surface area contributed by atoms with Crippen LogP contribution in [-0.4, -0.2) is 80.5 Å². The maximum Gasteiger partial charge on any atom is 0.412 e. The summed E-state index contributed by atoms with van der Waals surface area (Å²) in [5, 5.41) is 32.6. The Morgan fingerprint density at radius 1 is 1.18 bits per heavy atom. The van der Waals surface area contributed by atoms with E-state index in [4.69, 9.17) is 18.9 Å². The summed E-state index contributed by atoms with van der Waals surface area (Å²) < 4.78 is 36.7. The molecule has 3 heterocycles. The van der Waals surface area contributed by atoms with Gasteiger partial charge in [-0.15, -0.1) is 0 Å². The van der Waals surface area contributed by atoms with Gasteiger partial charge >= 0.3 is 11.8 Å². The lowest BCUT2D eigenvalue weighted by Crippen LogP contribution is -2.42. The highest BCUT2D eigenvalue weighted by Gasteiger charge is 2.49. The number of aromatic nitrogens is 2. The molecule has 186 valence electrons. The lowest BCUT2D eigenvalue weighted by atomic mass is 10.1. The highest BCUT2D eigenvalue weighted by molar-refractivity contribution is 5.83. The van der Waals surface area contributed by atoms with E-state index in [2.05, 4.69) is 10.3 Å². The molecule has 12 nitrogen and oxygen atoms in total. The van der Waals surface area contributed by atoms with Crippen LogP contribution in [-0.2, 0) is 18.9 Å². The topological polar surface area (TPSA) is 162 Å². The van der Waals surface area contributed by atoms with Crippen LogP contribution in [0.4, 0.5) is 15.0 Å². The van der Waals surface area contributed by atoms with E-state index in [-0.39, 0.29) is 6.61 Å². The van der Waals surface area contributed by atoms with Gasteiger partial charge in [-0.25, -0.2) is 14.0 Å². The van der Waals surface area contributed by atoms with Gasteiger partial charge < -0.3 is 34.3 Å². The van der Waals surface area contributed by atoms with Crippen LogP contribution >= 0.6 is 0 Å². The second-order valence-corrected chi connectivity index (χ2v) is 8.11. The Labute approximate surface area is 189 Å². The zero-order valence-corrected chi connectivity index (χ0v) is 18.6. The van der Waals surface area contributed by atoms with Gasteiger partial charge in [-0.2, -0.15) is 4.98 Å². The number of nitrogens with zero attached hydrogens (tertiary/aromatic N) is 2. The van der Waals surface area contributed by atoms with E-state index in [0.29, 0.717) is 6.42 Å². The maximum atomic E-state index is 14.5. The van der Waals surface area contributed by atoms with Crippen LogP contribution in [0.25, 0.3) is 0 Å². The molecule has 0 saturated carbocycles. The standard InChI is InChI=1S/C20H30FN3O9/c1-4-5-6-7-30-20(29)23-16-11(21)8-24(19(28)22-16)17-14(27)15(10(3)31-17)33-18-13(26)12(25)9(2)32-18/h8-10,12-15,17-18,25-27H,4-7H2,1-3H3,(H,22,23,28,29)/t9-,10-,12-,13+,14+,15+,17-,18+/m1/s1. The molecule has 0 radical (unpaired) electrons. The molecule has 0 spiro atoms. The molecule has 2 aliphatic rings. The van der Waals surface area contributed by atoms with Crippen molar-refractivity contribution in [1.82, 2.24) is 9.55 Å². The van der Waals surface area contributed by atoms with E-state index in [0.717, 1.165) is 23.6 Å². The normalized spacial score (nSPS) is 33.9. The fourth-order valence-corrected chi connectivity index (χ4v) is 3.68.